The number of benzene rings is 4. The number of rotatable bonds is 5. The Morgan fingerprint density at radius 3 is 0.950 bits per heavy atom. The fourth-order valence-corrected chi connectivity index (χ4v) is 10.0. The summed E-state index contributed by atoms with van der Waals surface area (Å²) in [6.07, 6.45) is 10.8. The van der Waals surface area contributed by atoms with Crippen LogP contribution in [0.4, 0.5) is 0 Å². The second-order valence-electron chi connectivity index (χ2n) is 16.4. The third-order valence-corrected chi connectivity index (χ3v) is 12.5. The first-order chi connectivity index (χ1) is 28.4. The Labute approximate surface area is 371 Å². The van der Waals surface area contributed by atoms with Crippen LogP contribution in [0.3, 0.4) is 0 Å². The molecule has 6 heteroatoms. The summed E-state index contributed by atoms with van der Waals surface area (Å²) in [4.78, 5) is 23.4. The SMILES string of the molecule is CSc1ccc(-c2c3nc(c(-c4c(C)cc(C)cc4C)c4ccc([n-]4)c(-c4c(C)cc(C)cc4C)c4nc(c(-c5c(C)cc(C)cc5C)c5ccc2[n-]5)C=C4)C=C3)cc1.[Zn+2]. The predicted octanol–water partition coefficient (Wildman–Crippen LogP) is 14.1. The zero-order valence-corrected chi connectivity index (χ0v) is 40.1. The smallest absolute Gasteiger partial charge is 0.657 e. The first-order valence-electron chi connectivity index (χ1n) is 20.3. The van der Waals surface area contributed by atoms with Crippen molar-refractivity contribution in [2.75, 3.05) is 6.26 Å². The normalized spacial score (nSPS) is 12.0. The van der Waals surface area contributed by atoms with Gasteiger partial charge in [-0.1, -0.05) is 89.5 Å². The molecule has 0 unspecified atom stereocenters. The van der Waals surface area contributed by atoms with Gasteiger partial charge < -0.3 is 9.97 Å². The molecule has 4 aromatic carbocycles. The van der Waals surface area contributed by atoms with Crippen molar-refractivity contribution in [1.29, 1.82) is 0 Å². The molecule has 0 aliphatic carbocycles. The largest absolute Gasteiger partial charge is 2.00 e. The summed E-state index contributed by atoms with van der Waals surface area (Å²) in [7, 11) is 0. The number of hydrogen-bond acceptors (Lipinski definition) is 3. The van der Waals surface area contributed by atoms with Crippen molar-refractivity contribution >= 4 is 58.1 Å². The van der Waals surface area contributed by atoms with Gasteiger partial charge in [-0.15, -0.1) is 33.8 Å². The fourth-order valence-electron chi connectivity index (χ4n) is 9.63. The molecule has 3 aromatic heterocycles. The van der Waals surface area contributed by atoms with Gasteiger partial charge in [-0.2, -0.15) is 0 Å². The van der Waals surface area contributed by atoms with Gasteiger partial charge in [0, 0.05) is 4.90 Å². The number of hydrogen-bond donors (Lipinski definition) is 0. The topological polar surface area (TPSA) is 54.0 Å². The van der Waals surface area contributed by atoms with Gasteiger partial charge in [-0.25, -0.2) is 9.97 Å². The van der Waals surface area contributed by atoms with Gasteiger partial charge in [0.2, 0.25) is 0 Å². The zero-order valence-electron chi connectivity index (χ0n) is 36.3. The van der Waals surface area contributed by atoms with Crippen molar-refractivity contribution in [3.05, 3.63) is 158 Å². The molecule has 0 atom stereocenters. The van der Waals surface area contributed by atoms with Crippen molar-refractivity contribution in [3.63, 3.8) is 0 Å². The van der Waals surface area contributed by atoms with E-state index in [0.717, 1.165) is 89.4 Å². The van der Waals surface area contributed by atoms with Gasteiger partial charge in [0.25, 0.3) is 0 Å². The van der Waals surface area contributed by atoms with Crippen LogP contribution >= 0.6 is 11.8 Å². The second kappa shape index (κ2) is 16.1. The second-order valence-corrected chi connectivity index (χ2v) is 17.3. The van der Waals surface area contributed by atoms with E-state index in [9.17, 15) is 0 Å². The first-order valence-corrected chi connectivity index (χ1v) is 21.6. The quantitative estimate of drug-likeness (QED) is 0.128. The van der Waals surface area contributed by atoms with E-state index in [-0.39, 0.29) is 19.5 Å². The Kier molecular flexibility index (Phi) is 11.1. The van der Waals surface area contributed by atoms with Crippen molar-refractivity contribution < 1.29 is 19.5 Å². The van der Waals surface area contributed by atoms with Gasteiger partial charge in [-0.05, 0) is 183 Å². The first kappa shape index (κ1) is 41.2. The summed E-state index contributed by atoms with van der Waals surface area (Å²) in [5.41, 5.74) is 26.5. The van der Waals surface area contributed by atoms with E-state index in [4.69, 9.17) is 19.9 Å². The molecular weight excluding hydrogens is 802 g/mol. The Bertz CT molecular complexity index is 3000. The third kappa shape index (κ3) is 7.24. The summed E-state index contributed by atoms with van der Waals surface area (Å²) in [6, 6.07) is 31.0. The minimum absolute atomic E-state index is 0. The molecule has 0 amide bonds. The maximum absolute atomic E-state index is 5.57. The summed E-state index contributed by atoms with van der Waals surface area (Å²) in [5, 5.41) is 0. The maximum Gasteiger partial charge on any atom is 2.00 e. The average molecular weight is 850 g/mol. The molecule has 4 nitrogen and oxygen atoms in total. The molecule has 292 valence electrons. The van der Waals surface area contributed by atoms with Gasteiger partial charge in [0.15, 0.2) is 0 Å². The van der Waals surface area contributed by atoms with E-state index in [0.29, 0.717) is 0 Å². The van der Waals surface area contributed by atoms with Crippen LogP contribution in [-0.2, 0) is 19.5 Å². The minimum atomic E-state index is 0. The van der Waals surface area contributed by atoms with Gasteiger partial charge in [-0.3, -0.25) is 0 Å². The molecule has 2 aliphatic heterocycles. The summed E-state index contributed by atoms with van der Waals surface area (Å²) in [6.45, 7) is 19.7. The number of aromatic nitrogens is 4. The Balaban J connectivity index is 0.00000499. The van der Waals surface area contributed by atoms with Crippen LogP contribution in [-0.4, -0.2) is 16.2 Å². The van der Waals surface area contributed by atoms with Gasteiger partial charge >= 0.3 is 19.5 Å². The van der Waals surface area contributed by atoms with Crippen LogP contribution in [0.1, 0.15) is 72.8 Å². The van der Waals surface area contributed by atoms with Crippen molar-refractivity contribution in [2.45, 2.75) is 67.2 Å². The zero-order chi connectivity index (χ0) is 41.3. The molecule has 60 heavy (non-hydrogen) atoms. The van der Waals surface area contributed by atoms with E-state index >= 15 is 0 Å². The number of fused-ring (bicyclic) bond motifs is 8. The third-order valence-electron chi connectivity index (χ3n) is 11.8. The summed E-state index contributed by atoms with van der Waals surface area (Å²) < 4.78 is 0. The van der Waals surface area contributed by atoms with Crippen molar-refractivity contribution in [1.82, 2.24) is 19.9 Å². The molecule has 0 N–H and O–H groups in total. The van der Waals surface area contributed by atoms with Crippen LogP contribution < -0.4 is 9.97 Å². The number of nitrogens with zero attached hydrogens (tertiary/aromatic N) is 4. The fraction of sp³-hybridized carbons (Fsp3) is 0.185. The molecule has 8 bridgehead atoms. The summed E-state index contributed by atoms with van der Waals surface area (Å²) in [5.74, 6) is 0. The van der Waals surface area contributed by atoms with Crippen molar-refractivity contribution in [3.8, 4) is 44.5 Å². The molecule has 0 spiro atoms. The molecule has 0 fully saturated rings. The van der Waals surface area contributed by atoms with Crippen LogP contribution in [0.2, 0.25) is 0 Å². The van der Waals surface area contributed by atoms with Crippen LogP contribution in [0.5, 0.6) is 0 Å². The molecule has 5 heterocycles. The van der Waals surface area contributed by atoms with Gasteiger partial charge in [0.05, 0.1) is 22.8 Å². The summed E-state index contributed by atoms with van der Waals surface area (Å²) >= 11 is 1.74. The number of aryl methyl sites for hydroxylation is 9. The van der Waals surface area contributed by atoms with E-state index < -0.39 is 0 Å². The predicted molar refractivity (Wildman–Crippen MR) is 253 cm³/mol. The number of thioether (sulfide) groups is 1. The Hall–Kier alpha value is -5.55. The van der Waals surface area contributed by atoms with E-state index in [1.165, 1.54) is 55.0 Å². The monoisotopic (exact) mass is 848 g/mol. The average Bonchev–Trinajstić information content (AvgIpc) is 4.02. The molecule has 2 aliphatic rings. The molecule has 9 rings (SSSR count). The minimum Gasteiger partial charge on any atom is -0.657 e. The molecule has 0 radical (unpaired) electrons. The molecular formula is C54H48N4SZn. The maximum atomic E-state index is 5.57. The molecule has 0 saturated carbocycles. The van der Waals surface area contributed by atoms with Crippen LogP contribution in [0, 0.1) is 62.3 Å². The molecule has 0 saturated heterocycles. The Morgan fingerprint density at radius 1 is 0.367 bits per heavy atom. The molecule has 7 aromatic rings. The van der Waals surface area contributed by atoms with E-state index in [1.807, 2.05) is 0 Å². The Morgan fingerprint density at radius 2 is 0.650 bits per heavy atom. The van der Waals surface area contributed by atoms with Gasteiger partial charge in [0.1, 0.15) is 0 Å². The standard InChI is InChI=1S/C54H48N4S.Zn/c1-29-23-32(4)48(33(5)24-29)52-42-17-15-40(55-42)51(38-11-13-39(59-10)14-12-38)41-16-18-43(56-41)53(49-34(6)25-30(2)26-35(49)7)45-20-22-47(58-45)54(46-21-19-44(52)57-46)50-36(8)27-31(3)28-37(50)9;/h11-28H,1-10H3;/q-2;+2. The van der Waals surface area contributed by atoms with E-state index in [2.05, 4.69) is 178 Å². The van der Waals surface area contributed by atoms with E-state index in [1.54, 1.807) is 11.8 Å². The van der Waals surface area contributed by atoms with Crippen molar-refractivity contribution in [2.24, 2.45) is 0 Å². The van der Waals surface area contributed by atoms with Crippen LogP contribution in [0.25, 0.3) is 90.9 Å². The van der Waals surface area contributed by atoms with Crippen LogP contribution in [0.15, 0.2) is 89.8 Å².